The van der Waals surface area contributed by atoms with Crippen molar-refractivity contribution < 1.29 is 0 Å². The predicted octanol–water partition coefficient (Wildman–Crippen LogP) is 6.25. The van der Waals surface area contributed by atoms with Crippen LogP contribution in [-0.4, -0.2) is 5.25 Å². The monoisotopic (exact) mass is 370 g/mol. The Hall–Kier alpha value is 1.43. The van der Waals surface area contributed by atoms with E-state index in [1.54, 1.807) is 0 Å². The summed E-state index contributed by atoms with van der Waals surface area (Å²) in [6, 6.07) is 0. The number of hydrogen-bond donors (Lipinski definition) is 0. The van der Waals surface area contributed by atoms with Crippen LogP contribution in [0, 0.1) is 11.8 Å². The van der Waals surface area contributed by atoms with Gasteiger partial charge in [-0.1, -0.05) is 49.3 Å². The molecule has 0 unspecified atom stereocenters. The number of halogens is 1. The fraction of sp³-hybridized carbons (Fsp3) is 1.00. The van der Waals surface area contributed by atoms with Gasteiger partial charge in [0.25, 0.3) is 0 Å². The topological polar surface area (TPSA) is 0 Å². The molecule has 0 radical (unpaired) electrons. The lowest BCUT2D eigenvalue weighted by molar-refractivity contribution is 0.256. The highest BCUT2D eigenvalue weighted by Crippen LogP contribution is 2.47. The molecule has 0 aromatic rings. The minimum atomic E-state index is 0.975. The Kier molecular flexibility index (Phi) is 6.73. The zero-order valence-corrected chi connectivity index (χ0v) is 13.8. The molecule has 2 fully saturated rings. The Morgan fingerprint density at radius 2 is 1.19 bits per heavy atom. The van der Waals surface area contributed by atoms with Gasteiger partial charge in [0.1, 0.15) is 0 Å². The van der Waals surface area contributed by atoms with E-state index in [2.05, 4.69) is 32.0 Å². The summed E-state index contributed by atoms with van der Waals surface area (Å²) in [6.07, 6.45) is 15.1. The van der Waals surface area contributed by atoms with E-state index in [1.165, 1.54) is 64.2 Å². The molecule has 0 atom stereocenters. The molecule has 0 aromatic heterocycles. The van der Waals surface area contributed by atoms with Gasteiger partial charge in [0.2, 0.25) is 0 Å². The third-order valence-corrected chi connectivity index (χ3v) is 8.19. The number of hydrogen-bond acceptors (Lipinski definition) is 2. The molecule has 2 aliphatic rings. The van der Waals surface area contributed by atoms with Crippen LogP contribution in [0.25, 0.3) is 0 Å². The van der Waals surface area contributed by atoms with Crippen LogP contribution < -0.4 is 0 Å². The van der Waals surface area contributed by atoms with Crippen molar-refractivity contribution in [3.63, 3.8) is 0 Å². The zero-order chi connectivity index (χ0) is 11.2. The maximum absolute atomic E-state index is 2.47. The van der Waals surface area contributed by atoms with Gasteiger partial charge < -0.3 is 0 Å². The Balaban J connectivity index is 1.91. The van der Waals surface area contributed by atoms with Gasteiger partial charge in [0.05, 0.1) is 0 Å². The first-order valence-corrected chi connectivity index (χ1v) is 11.6. The van der Waals surface area contributed by atoms with E-state index in [0.29, 0.717) is 0 Å². The van der Waals surface area contributed by atoms with Gasteiger partial charge in [0.15, 0.2) is 0 Å². The van der Waals surface area contributed by atoms with Gasteiger partial charge in [-0.25, -0.2) is 0 Å². The van der Waals surface area contributed by atoms with Crippen molar-refractivity contribution in [3.8, 4) is 0 Å². The first-order valence-electron chi connectivity index (χ1n) is 6.86. The Morgan fingerprint density at radius 3 is 1.56 bits per heavy atom. The van der Waals surface area contributed by atoms with Crippen molar-refractivity contribution in [2.24, 2.45) is 11.8 Å². The average molecular weight is 370 g/mol. The summed E-state index contributed by atoms with van der Waals surface area (Å²) in [4.78, 5) is 0. The zero-order valence-electron chi connectivity index (χ0n) is 10.00. The molecule has 0 aliphatic heterocycles. The molecule has 0 bridgehead atoms. The molecule has 2 aliphatic carbocycles. The largest absolute Gasteiger partial charge is 0.0790 e. The van der Waals surface area contributed by atoms with Crippen molar-refractivity contribution in [2.75, 3.05) is 0 Å². The standard InChI is InChI=1S/C13H23IS2/c14-16-15-13(11-7-3-1-4-8-11)12-9-5-2-6-10-12/h11-13H,1-10H2. The van der Waals surface area contributed by atoms with Crippen LogP contribution in [0.3, 0.4) is 0 Å². The summed E-state index contributed by atoms with van der Waals surface area (Å²) in [6.45, 7) is 0. The molecule has 0 heterocycles. The van der Waals surface area contributed by atoms with E-state index in [4.69, 9.17) is 0 Å². The molecule has 2 saturated carbocycles. The second kappa shape index (κ2) is 7.78. The molecule has 0 amide bonds. The highest BCUT2D eigenvalue weighted by atomic mass is 127. The molecule has 0 nitrogen and oxygen atoms in total. The van der Waals surface area contributed by atoms with Gasteiger partial charge in [0, 0.05) is 26.5 Å². The smallest absolute Gasteiger partial charge is 0.0215 e. The van der Waals surface area contributed by atoms with Crippen LogP contribution in [0.4, 0.5) is 0 Å². The predicted molar refractivity (Wildman–Crippen MR) is 86.1 cm³/mol. The average Bonchev–Trinajstić information content (AvgIpc) is 2.38. The van der Waals surface area contributed by atoms with E-state index in [0.717, 1.165) is 17.1 Å². The Labute approximate surface area is 120 Å². The summed E-state index contributed by atoms with van der Waals surface area (Å²) in [7, 11) is 4.18. The minimum Gasteiger partial charge on any atom is -0.0790 e. The first-order chi connectivity index (χ1) is 7.92. The fourth-order valence-corrected chi connectivity index (χ4v) is 7.80. The Morgan fingerprint density at radius 1 is 0.750 bits per heavy atom. The second-order valence-electron chi connectivity index (χ2n) is 5.42. The van der Waals surface area contributed by atoms with E-state index in [-0.39, 0.29) is 0 Å². The van der Waals surface area contributed by atoms with Crippen LogP contribution in [0.1, 0.15) is 64.2 Å². The van der Waals surface area contributed by atoms with Crippen molar-refractivity contribution in [1.29, 1.82) is 0 Å². The van der Waals surface area contributed by atoms with Crippen LogP contribution in [0.2, 0.25) is 0 Å². The molecule has 0 aromatic carbocycles. The van der Waals surface area contributed by atoms with E-state index < -0.39 is 0 Å². The second-order valence-corrected chi connectivity index (χ2v) is 10.5. The van der Waals surface area contributed by atoms with Crippen LogP contribution in [0.15, 0.2) is 0 Å². The number of rotatable bonds is 4. The van der Waals surface area contributed by atoms with Gasteiger partial charge >= 0.3 is 0 Å². The molecule has 0 N–H and O–H groups in total. The lowest BCUT2D eigenvalue weighted by atomic mass is 9.77. The molecule has 2 rings (SSSR count). The maximum atomic E-state index is 2.47. The molecule has 0 spiro atoms. The summed E-state index contributed by atoms with van der Waals surface area (Å²) < 4.78 is 0. The van der Waals surface area contributed by atoms with E-state index in [1.807, 2.05) is 7.97 Å². The van der Waals surface area contributed by atoms with Crippen molar-refractivity contribution in [1.82, 2.24) is 0 Å². The van der Waals surface area contributed by atoms with E-state index >= 15 is 0 Å². The molecule has 3 heteroatoms. The van der Waals surface area contributed by atoms with Crippen LogP contribution >= 0.6 is 40.0 Å². The van der Waals surface area contributed by atoms with Gasteiger partial charge in [-0.2, -0.15) is 0 Å². The van der Waals surface area contributed by atoms with Crippen molar-refractivity contribution >= 4 is 40.0 Å². The lowest BCUT2D eigenvalue weighted by Gasteiger charge is -2.36. The maximum Gasteiger partial charge on any atom is 0.0215 e. The molecule has 94 valence electrons. The first kappa shape index (κ1) is 13.9. The van der Waals surface area contributed by atoms with Gasteiger partial charge in [-0.3, -0.25) is 0 Å². The highest BCUT2D eigenvalue weighted by molar-refractivity contribution is 14.2. The quantitative estimate of drug-likeness (QED) is 0.424. The summed E-state index contributed by atoms with van der Waals surface area (Å²) in [5, 5.41) is 0.975. The normalized spacial score (nSPS) is 25.1. The van der Waals surface area contributed by atoms with E-state index in [9.17, 15) is 0 Å². The summed E-state index contributed by atoms with van der Waals surface area (Å²) in [5.74, 6) is 2.09. The third kappa shape index (κ3) is 3.98. The molecule has 0 saturated heterocycles. The fourth-order valence-electron chi connectivity index (χ4n) is 3.51. The van der Waals surface area contributed by atoms with Crippen molar-refractivity contribution in [3.05, 3.63) is 0 Å². The third-order valence-electron chi connectivity index (χ3n) is 4.38. The lowest BCUT2D eigenvalue weighted by Crippen LogP contribution is -2.29. The highest BCUT2D eigenvalue weighted by Gasteiger charge is 2.31. The summed E-state index contributed by atoms with van der Waals surface area (Å²) in [5.41, 5.74) is 0. The van der Waals surface area contributed by atoms with Crippen LogP contribution in [-0.2, 0) is 0 Å². The van der Waals surface area contributed by atoms with Gasteiger partial charge in [-0.15, -0.1) is 0 Å². The van der Waals surface area contributed by atoms with Crippen LogP contribution in [0.5, 0.6) is 0 Å². The summed E-state index contributed by atoms with van der Waals surface area (Å²) >= 11 is 2.47. The Bertz CT molecular complexity index is 168. The minimum absolute atomic E-state index is 0.975. The molecular weight excluding hydrogens is 347 g/mol. The molecular formula is C13H23IS2. The van der Waals surface area contributed by atoms with Gasteiger partial charge in [-0.05, 0) is 45.5 Å². The van der Waals surface area contributed by atoms with Crippen molar-refractivity contribution in [2.45, 2.75) is 69.5 Å². The SMILES string of the molecule is ISSC(C1CCCCC1)C1CCCCC1. The molecule has 16 heavy (non-hydrogen) atoms.